The smallest absolute Gasteiger partial charge is 0.0819 e. The molecular formula is C17H18N2. The van der Waals surface area contributed by atoms with Crippen molar-refractivity contribution in [3.8, 4) is 0 Å². The van der Waals surface area contributed by atoms with Gasteiger partial charge >= 0.3 is 0 Å². The van der Waals surface area contributed by atoms with Gasteiger partial charge in [-0.1, -0.05) is 48.5 Å². The van der Waals surface area contributed by atoms with Crippen molar-refractivity contribution in [2.45, 2.75) is 30.3 Å². The molecule has 1 unspecified atom stereocenters. The lowest BCUT2D eigenvalue weighted by Gasteiger charge is -2.39. The summed E-state index contributed by atoms with van der Waals surface area (Å²) in [5.41, 5.74) is 17.6. The summed E-state index contributed by atoms with van der Waals surface area (Å²) in [6.45, 7) is 0. The molecule has 1 atom stereocenters. The number of benzene rings is 2. The van der Waals surface area contributed by atoms with Gasteiger partial charge in [0.15, 0.2) is 0 Å². The molecule has 4 rings (SSSR count). The number of fused-ring (bicyclic) bond motifs is 4. The number of hydrogen-bond acceptors (Lipinski definition) is 2. The molecule has 0 saturated heterocycles. The van der Waals surface area contributed by atoms with Crippen LogP contribution in [0.5, 0.6) is 0 Å². The highest BCUT2D eigenvalue weighted by Gasteiger charge is 2.56. The van der Waals surface area contributed by atoms with Crippen LogP contribution in [0.3, 0.4) is 0 Å². The van der Waals surface area contributed by atoms with Gasteiger partial charge in [-0.2, -0.15) is 0 Å². The van der Waals surface area contributed by atoms with E-state index in [1.54, 1.807) is 0 Å². The molecule has 2 aliphatic rings. The van der Waals surface area contributed by atoms with Gasteiger partial charge < -0.3 is 11.5 Å². The number of aryl methyl sites for hydroxylation is 1. The molecule has 0 bridgehead atoms. The van der Waals surface area contributed by atoms with Crippen LogP contribution in [-0.4, -0.2) is 5.66 Å². The van der Waals surface area contributed by atoms with Crippen molar-refractivity contribution in [3.05, 3.63) is 70.8 Å². The van der Waals surface area contributed by atoms with Crippen molar-refractivity contribution in [3.63, 3.8) is 0 Å². The van der Waals surface area contributed by atoms with Crippen LogP contribution in [0.25, 0.3) is 0 Å². The Labute approximate surface area is 113 Å². The van der Waals surface area contributed by atoms with Crippen molar-refractivity contribution in [1.29, 1.82) is 0 Å². The minimum absolute atomic E-state index is 0.194. The fraction of sp³-hybridized carbons (Fsp3) is 0.294. The summed E-state index contributed by atoms with van der Waals surface area (Å²) in [6.07, 6.45) is 2.86. The summed E-state index contributed by atoms with van der Waals surface area (Å²) in [7, 11) is 0. The monoisotopic (exact) mass is 250 g/mol. The Balaban J connectivity index is 2.05. The molecule has 96 valence electrons. The van der Waals surface area contributed by atoms with Crippen LogP contribution in [0, 0.1) is 0 Å². The number of nitrogens with two attached hydrogens (primary N) is 2. The van der Waals surface area contributed by atoms with Crippen molar-refractivity contribution < 1.29 is 0 Å². The van der Waals surface area contributed by atoms with Crippen LogP contribution < -0.4 is 11.5 Å². The molecule has 2 nitrogen and oxygen atoms in total. The van der Waals surface area contributed by atoms with E-state index in [9.17, 15) is 0 Å². The second kappa shape index (κ2) is 3.47. The molecular weight excluding hydrogens is 232 g/mol. The average Bonchev–Trinajstić information content (AvgIpc) is 2.90. The number of hydrogen-bond donors (Lipinski definition) is 2. The zero-order valence-corrected chi connectivity index (χ0v) is 10.9. The Kier molecular flexibility index (Phi) is 2.05. The molecule has 0 aromatic heterocycles. The summed E-state index contributed by atoms with van der Waals surface area (Å²) in [6, 6.07) is 17.2. The van der Waals surface area contributed by atoms with Crippen molar-refractivity contribution in [2.24, 2.45) is 11.5 Å². The lowest BCUT2D eigenvalue weighted by atomic mass is 9.71. The minimum atomic E-state index is -0.677. The van der Waals surface area contributed by atoms with Gasteiger partial charge in [-0.3, -0.25) is 0 Å². The highest BCUT2D eigenvalue weighted by atomic mass is 15.0. The highest BCUT2D eigenvalue weighted by molar-refractivity contribution is 5.57. The van der Waals surface area contributed by atoms with E-state index in [1.807, 2.05) is 0 Å². The van der Waals surface area contributed by atoms with Gasteiger partial charge in [0.25, 0.3) is 0 Å². The van der Waals surface area contributed by atoms with Gasteiger partial charge in [-0.25, -0.2) is 0 Å². The topological polar surface area (TPSA) is 52.0 Å². The largest absolute Gasteiger partial charge is 0.312 e. The predicted molar refractivity (Wildman–Crippen MR) is 76.8 cm³/mol. The fourth-order valence-corrected chi connectivity index (χ4v) is 4.18. The minimum Gasteiger partial charge on any atom is -0.312 e. The molecule has 0 fully saturated rings. The first-order valence-corrected chi connectivity index (χ1v) is 6.90. The Morgan fingerprint density at radius 3 is 2.11 bits per heavy atom. The van der Waals surface area contributed by atoms with E-state index < -0.39 is 5.66 Å². The molecule has 2 heteroatoms. The zero-order valence-electron chi connectivity index (χ0n) is 10.9. The van der Waals surface area contributed by atoms with Crippen LogP contribution in [0.4, 0.5) is 0 Å². The van der Waals surface area contributed by atoms with Crippen molar-refractivity contribution >= 4 is 0 Å². The van der Waals surface area contributed by atoms with Crippen LogP contribution in [0.1, 0.15) is 28.7 Å². The third-order valence-electron chi connectivity index (χ3n) is 5.00. The van der Waals surface area contributed by atoms with E-state index in [0.717, 1.165) is 19.3 Å². The molecule has 0 amide bonds. The second-order valence-electron chi connectivity index (χ2n) is 5.94. The van der Waals surface area contributed by atoms with Crippen molar-refractivity contribution in [2.75, 3.05) is 0 Å². The quantitative estimate of drug-likeness (QED) is 0.703. The van der Waals surface area contributed by atoms with E-state index >= 15 is 0 Å². The Hall–Kier alpha value is -1.64. The molecule has 0 saturated carbocycles. The zero-order chi connectivity index (χ0) is 13.1. The first-order chi connectivity index (χ1) is 9.15. The summed E-state index contributed by atoms with van der Waals surface area (Å²) in [4.78, 5) is 0. The molecule has 2 aliphatic carbocycles. The maximum absolute atomic E-state index is 6.56. The van der Waals surface area contributed by atoms with Gasteiger partial charge in [0.1, 0.15) is 0 Å². The van der Waals surface area contributed by atoms with Crippen LogP contribution >= 0.6 is 0 Å². The second-order valence-corrected chi connectivity index (χ2v) is 5.94. The summed E-state index contributed by atoms with van der Waals surface area (Å²) >= 11 is 0. The standard InChI is InChI=1S/C17H18N2/c18-17(19)11-13-6-2-4-8-15(13)16(17)10-9-12-5-1-3-7-14(12)16/h1-8H,9-11,18-19H2. The van der Waals surface area contributed by atoms with E-state index in [-0.39, 0.29) is 5.41 Å². The van der Waals surface area contributed by atoms with Gasteiger partial charge in [0.05, 0.1) is 11.1 Å². The summed E-state index contributed by atoms with van der Waals surface area (Å²) in [5, 5.41) is 0. The Morgan fingerprint density at radius 2 is 1.37 bits per heavy atom. The first-order valence-electron chi connectivity index (χ1n) is 6.90. The van der Waals surface area contributed by atoms with Crippen LogP contribution in [-0.2, 0) is 18.3 Å². The SMILES string of the molecule is NC1(N)Cc2ccccc2C12CCc1ccccc12. The fourth-order valence-electron chi connectivity index (χ4n) is 4.18. The molecule has 0 radical (unpaired) electrons. The van der Waals surface area contributed by atoms with Gasteiger partial charge in [-0.15, -0.1) is 0 Å². The Bertz CT molecular complexity index is 647. The lowest BCUT2D eigenvalue weighted by Crippen LogP contribution is -2.62. The molecule has 0 heterocycles. The Morgan fingerprint density at radius 1 is 0.789 bits per heavy atom. The average molecular weight is 250 g/mol. The molecule has 4 N–H and O–H groups in total. The lowest BCUT2D eigenvalue weighted by molar-refractivity contribution is 0.291. The molecule has 2 aromatic rings. The molecule has 19 heavy (non-hydrogen) atoms. The van der Waals surface area contributed by atoms with E-state index in [1.165, 1.54) is 22.3 Å². The highest BCUT2D eigenvalue weighted by Crippen LogP contribution is 2.54. The number of rotatable bonds is 0. The van der Waals surface area contributed by atoms with Gasteiger partial charge in [0.2, 0.25) is 0 Å². The van der Waals surface area contributed by atoms with Crippen LogP contribution in [0.15, 0.2) is 48.5 Å². The molecule has 0 aliphatic heterocycles. The maximum atomic E-state index is 6.56. The molecule has 1 spiro atoms. The third-order valence-corrected chi connectivity index (χ3v) is 5.00. The predicted octanol–water partition coefficient (Wildman–Crippen LogP) is 2.09. The van der Waals surface area contributed by atoms with Gasteiger partial charge in [0, 0.05) is 6.42 Å². The summed E-state index contributed by atoms with van der Waals surface area (Å²) in [5.74, 6) is 0. The normalized spacial score (nSPS) is 26.4. The summed E-state index contributed by atoms with van der Waals surface area (Å²) < 4.78 is 0. The van der Waals surface area contributed by atoms with E-state index in [4.69, 9.17) is 11.5 Å². The van der Waals surface area contributed by atoms with Crippen molar-refractivity contribution in [1.82, 2.24) is 0 Å². The maximum Gasteiger partial charge on any atom is 0.0819 e. The first kappa shape index (κ1) is 11.2. The van der Waals surface area contributed by atoms with E-state index in [0.29, 0.717) is 0 Å². The molecule has 2 aromatic carbocycles. The van der Waals surface area contributed by atoms with E-state index in [2.05, 4.69) is 48.5 Å². The van der Waals surface area contributed by atoms with Crippen LogP contribution in [0.2, 0.25) is 0 Å². The third kappa shape index (κ3) is 1.23. The van der Waals surface area contributed by atoms with Gasteiger partial charge in [-0.05, 0) is 35.1 Å².